The molecule has 26 heavy (non-hydrogen) atoms. The first-order valence-electron chi connectivity index (χ1n) is 8.79. The smallest absolute Gasteiger partial charge is 0.237 e. The molecule has 2 aromatic rings. The first-order valence-corrected chi connectivity index (χ1v) is 9.33. The summed E-state index contributed by atoms with van der Waals surface area (Å²) in [4.78, 5) is 14.2. The number of aromatic nitrogens is 2. The maximum Gasteiger partial charge on any atom is 0.237 e. The summed E-state index contributed by atoms with van der Waals surface area (Å²) >= 11 is 5.84. The number of hydrogen-bond donors (Lipinski definition) is 0. The fourth-order valence-corrected chi connectivity index (χ4v) is 3.38. The van der Waals surface area contributed by atoms with E-state index >= 15 is 0 Å². The molecule has 0 spiro atoms. The predicted octanol–water partition coefficient (Wildman–Crippen LogP) is 2.87. The third kappa shape index (κ3) is 4.56. The Kier molecular flexibility index (Phi) is 6.52. The van der Waals surface area contributed by atoms with Crippen molar-refractivity contribution in [2.45, 2.75) is 19.4 Å². The minimum atomic E-state index is -0.0589. The monoisotopic (exact) mass is 377 g/mol. The van der Waals surface area contributed by atoms with Gasteiger partial charge in [0.25, 0.3) is 0 Å². The van der Waals surface area contributed by atoms with Crippen molar-refractivity contribution in [2.24, 2.45) is 5.92 Å². The molecule has 1 aliphatic rings. The number of halogens is 1. The maximum absolute atomic E-state index is 12.4. The van der Waals surface area contributed by atoms with E-state index in [0.29, 0.717) is 19.0 Å². The number of ether oxygens (including phenoxy) is 2. The Balaban J connectivity index is 1.77. The van der Waals surface area contributed by atoms with Gasteiger partial charge in [-0.15, -0.1) is 11.6 Å². The molecule has 140 valence electrons. The summed E-state index contributed by atoms with van der Waals surface area (Å²) in [5, 5.41) is 4.24. The molecule has 0 radical (unpaired) electrons. The Hall–Kier alpha value is -2.05. The predicted molar refractivity (Wildman–Crippen MR) is 99.8 cm³/mol. The van der Waals surface area contributed by atoms with E-state index in [2.05, 4.69) is 5.10 Å². The molecule has 1 aromatic carbocycles. The summed E-state index contributed by atoms with van der Waals surface area (Å²) in [6, 6.07) is 7.76. The van der Waals surface area contributed by atoms with E-state index in [-0.39, 0.29) is 11.8 Å². The highest BCUT2D eigenvalue weighted by atomic mass is 35.5. The standard InChI is InChI=1S/C19H24ClN3O3/c1-25-18-11-17(23-8-2-7-21-23)4-3-16(18)14-22(19(24)12-20)13-15-5-9-26-10-6-15/h2-4,7-8,11,15H,5-6,9-10,12-14H2,1H3. The first-order chi connectivity index (χ1) is 12.7. The molecular formula is C19H24ClN3O3. The lowest BCUT2D eigenvalue weighted by molar-refractivity contribution is -0.130. The van der Waals surface area contributed by atoms with Crippen LogP contribution in [0.2, 0.25) is 0 Å². The number of amides is 1. The SMILES string of the molecule is COc1cc(-n2cccn2)ccc1CN(CC1CCOCC1)C(=O)CCl. The van der Waals surface area contributed by atoms with Crippen molar-refractivity contribution < 1.29 is 14.3 Å². The highest BCUT2D eigenvalue weighted by molar-refractivity contribution is 6.27. The fraction of sp³-hybridized carbons (Fsp3) is 0.474. The van der Waals surface area contributed by atoms with Crippen molar-refractivity contribution in [1.82, 2.24) is 14.7 Å². The van der Waals surface area contributed by atoms with Gasteiger partial charge in [-0.3, -0.25) is 4.79 Å². The quantitative estimate of drug-likeness (QED) is 0.696. The van der Waals surface area contributed by atoms with Crippen molar-refractivity contribution in [3.8, 4) is 11.4 Å². The second-order valence-electron chi connectivity index (χ2n) is 6.41. The molecule has 0 aliphatic carbocycles. The van der Waals surface area contributed by atoms with Crippen molar-refractivity contribution in [1.29, 1.82) is 0 Å². The summed E-state index contributed by atoms with van der Waals surface area (Å²) < 4.78 is 12.7. The minimum absolute atomic E-state index is 0.0170. The largest absolute Gasteiger partial charge is 0.496 e. The van der Waals surface area contributed by atoms with E-state index in [0.717, 1.165) is 43.1 Å². The Morgan fingerprint density at radius 3 is 2.88 bits per heavy atom. The average Bonchev–Trinajstić information content (AvgIpc) is 3.22. The van der Waals surface area contributed by atoms with Gasteiger partial charge in [-0.05, 0) is 30.9 Å². The molecule has 0 atom stereocenters. The molecule has 0 saturated carbocycles. The van der Waals surface area contributed by atoms with Crippen LogP contribution < -0.4 is 4.74 Å². The van der Waals surface area contributed by atoms with Crippen LogP contribution in [0.15, 0.2) is 36.7 Å². The number of rotatable bonds is 7. The molecule has 0 N–H and O–H groups in total. The Morgan fingerprint density at radius 1 is 1.42 bits per heavy atom. The number of benzene rings is 1. The van der Waals surface area contributed by atoms with Crippen molar-refractivity contribution >= 4 is 17.5 Å². The number of nitrogens with zero attached hydrogens (tertiary/aromatic N) is 3. The third-order valence-corrected chi connectivity index (χ3v) is 4.92. The van der Waals surface area contributed by atoms with Crippen LogP contribution in [0.5, 0.6) is 5.75 Å². The average molecular weight is 378 g/mol. The van der Waals surface area contributed by atoms with Gasteiger partial charge < -0.3 is 14.4 Å². The molecule has 3 rings (SSSR count). The van der Waals surface area contributed by atoms with Crippen LogP contribution in [0.1, 0.15) is 18.4 Å². The number of hydrogen-bond acceptors (Lipinski definition) is 4. The summed E-state index contributed by atoms with van der Waals surface area (Å²) in [7, 11) is 1.64. The summed E-state index contributed by atoms with van der Waals surface area (Å²) in [5.74, 6) is 1.11. The molecule has 1 aliphatic heterocycles. The lowest BCUT2D eigenvalue weighted by atomic mass is 9.99. The molecule has 7 heteroatoms. The van der Waals surface area contributed by atoms with E-state index in [1.165, 1.54) is 0 Å². The van der Waals surface area contributed by atoms with E-state index in [1.807, 2.05) is 35.4 Å². The summed E-state index contributed by atoms with van der Waals surface area (Å²) in [5.41, 5.74) is 1.86. The van der Waals surface area contributed by atoms with Gasteiger partial charge in [0.05, 0.1) is 12.8 Å². The van der Waals surface area contributed by atoms with Gasteiger partial charge in [-0.25, -0.2) is 4.68 Å². The molecule has 1 fully saturated rings. The van der Waals surface area contributed by atoms with Gasteiger partial charge in [0.1, 0.15) is 11.6 Å². The minimum Gasteiger partial charge on any atom is -0.496 e. The molecule has 1 saturated heterocycles. The molecule has 0 bridgehead atoms. The second kappa shape index (κ2) is 9.05. The van der Waals surface area contributed by atoms with Crippen LogP contribution in [-0.2, 0) is 16.1 Å². The number of carbonyl (C=O) groups is 1. The lowest BCUT2D eigenvalue weighted by Crippen LogP contribution is -2.37. The van der Waals surface area contributed by atoms with E-state index in [9.17, 15) is 4.79 Å². The van der Waals surface area contributed by atoms with Crippen LogP contribution in [-0.4, -0.2) is 53.3 Å². The molecule has 1 aromatic heterocycles. The highest BCUT2D eigenvalue weighted by Crippen LogP contribution is 2.25. The molecule has 1 amide bonds. The van der Waals surface area contributed by atoms with Gasteiger partial charge in [-0.1, -0.05) is 6.07 Å². The van der Waals surface area contributed by atoms with Gasteiger partial charge in [0.15, 0.2) is 0 Å². The van der Waals surface area contributed by atoms with Crippen LogP contribution in [0.3, 0.4) is 0 Å². The van der Waals surface area contributed by atoms with Crippen LogP contribution in [0, 0.1) is 5.92 Å². The number of methoxy groups -OCH3 is 1. The first kappa shape index (κ1) is 18.7. The molecule has 0 unspecified atom stereocenters. The van der Waals surface area contributed by atoms with Crippen molar-refractivity contribution in [3.63, 3.8) is 0 Å². The van der Waals surface area contributed by atoms with E-state index < -0.39 is 0 Å². The van der Waals surface area contributed by atoms with E-state index in [1.54, 1.807) is 18.0 Å². The van der Waals surface area contributed by atoms with Gasteiger partial charge >= 0.3 is 0 Å². The zero-order valence-corrected chi connectivity index (χ0v) is 15.7. The molecular weight excluding hydrogens is 354 g/mol. The number of alkyl halides is 1. The van der Waals surface area contributed by atoms with Crippen molar-refractivity contribution in [3.05, 3.63) is 42.2 Å². The Morgan fingerprint density at radius 2 is 2.23 bits per heavy atom. The van der Waals surface area contributed by atoms with Crippen LogP contribution in [0.4, 0.5) is 0 Å². The maximum atomic E-state index is 12.4. The Labute approximate surface area is 158 Å². The van der Waals surface area contributed by atoms with Gasteiger partial charge in [0, 0.05) is 50.3 Å². The fourth-order valence-electron chi connectivity index (χ4n) is 3.21. The second-order valence-corrected chi connectivity index (χ2v) is 6.68. The van der Waals surface area contributed by atoms with E-state index in [4.69, 9.17) is 21.1 Å². The lowest BCUT2D eigenvalue weighted by Gasteiger charge is -2.30. The zero-order valence-electron chi connectivity index (χ0n) is 14.9. The van der Waals surface area contributed by atoms with Crippen LogP contribution >= 0.6 is 11.6 Å². The third-order valence-electron chi connectivity index (χ3n) is 4.69. The Bertz CT molecular complexity index is 715. The summed E-state index contributed by atoms with van der Waals surface area (Å²) in [6.45, 7) is 2.69. The van der Waals surface area contributed by atoms with Gasteiger partial charge in [-0.2, -0.15) is 5.10 Å². The molecule has 2 heterocycles. The topological polar surface area (TPSA) is 56.6 Å². The highest BCUT2D eigenvalue weighted by Gasteiger charge is 2.22. The van der Waals surface area contributed by atoms with Crippen LogP contribution in [0.25, 0.3) is 5.69 Å². The van der Waals surface area contributed by atoms with Crippen molar-refractivity contribution in [2.75, 3.05) is 32.7 Å². The summed E-state index contributed by atoms with van der Waals surface area (Å²) in [6.07, 6.45) is 5.56. The molecule has 6 nitrogen and oxygen atoms in total. The number of carbonyl (C=O) groups excluding carboxylic acids is 1. The zero-order chi connectivity index (χ0) is 18.4. The normalized spacial score (nSPS) is 15.0. The van der Waals surface area contributed by atoms with Gasteiger partial charge in [0.2, 0.25) is 5.91 Å².